The summed E-state index contributed by atoms with van der Waals surface area (Å²) in [7, 11) is 0. The molecule has 1 heterocycles. The fraction of sp³-hybridized carbons (Fsp3) is 0.385. The third-order valence-corrected chi connectivity index (χ3v) is 2.95. The van der Waals surface area contributed by atoms with Gasteiger partial charge in [-0.05, 0) is 13.0 Å². The Morgan fingerprint density at radius 2 is 2.06 bits per heavy atom. The number of carbonyl (C=O) groups excluding carboxylic acids is 2. The third kappa shape index (κ3) is 1.90. The first kappa shape index (κ1) is 11.6. The number of phenolic OH excluding ortho intramolecular Hbond substituents is 1. The lowest BCUT2D eigenvalue weighted by Gasteiger charge is -2.32. The van der Waals surface area contributed by atoms with E-state index in [2.05, 4.69) is 0 Å². The van der Waals surface area contributed by atoms with E-state index in [0.717, 1.165) is 0 Å². The second kappa shape index (κ2) is 3.58. The number of fused-ring (bicyclic) bond motifs is 1. The van der Waals surface area contributed by atoms with Gasteiger partial charge in [-0.15, -0.1) is 0 Å². The number of ketones is 1. The molecule has 1 aromatic rings. The van der Waals surface area contributed by atoms with E-state index in [1.54, 1.807) is 0 Å². The molecule has 0 aromatic heterocycles. The molecule has 0 saturated heterocycles. The standard InChI is InChI=1S/C13H14O4/c1-7(14)9-4-8(15)5-10-12(9)13(2,3)6-11(16)17-10/h4-5,15H,6H2,1-3H3. The molecule has 90 valence electrons. The smallest absolute Gasteiger partial charge is 0.312 e. The predicted octanol–water partition coefficient (Wildman–Crippen LogP) is 2.18. The van der Waals surface area contributed by atoms with Gasteiger partial charge in [0.25, 0.3) is 0 Å². The summed E-state index contributed by atoms with van der Waals surface area (Å²) in [5.41, 5.74) is 0.652. The highest BCUT2D eigenvalue weighted by molar-refractivity contribution is 5.98. The maximum atomic E-state index is 11.6. The van der Waals surface area contributed by atoms with E-state index in [1.807, 2.05) is 13.8 Å². The quantitative estimate of drug-likeness (QED) is 0.459. The number of phenols is 1. The predicted molar refractivity (Wildman–Crippen MR) is 61.4 cm³/mol. The molecule has 2 rings (SSSR count). The van der Waals surface area contributed by atoms with Crippen molar-refractivity contribution in [3.63, 3.8) is 0 Å². The molecule has 0 atom stereocenters. The molecule has 0 amide bonds. The molecule has 4 nitrogen and oxygen atoms in total. The molecule has 0 saturated carbocycles. The monoisotopic (exact) mass is 234 g/mol. The number of hydrogen-bond donors (Lipinski definition) is 1. The Bertz CT molecular complexity index is 514. The second-order valence-corrected chi connectivity index (χ2v) is 4.96. The van der Waals surface area contributed by atoms with Gasteiger partial charge < -0.3 is 9.84 Å². The van der Waals surface area contributed by atoms with Crippen molar-refractivity contribution in [1.82, 2.24) is 0 Å². The highest BCUT2D eigenvalue weighted by Crippen LogP contribution is 2.43. The zero-order valence-corrected chi connectivity index (χ0v) is 10.0. The minimum absolute atomic E-state index is 0.0700. The van der Waals surface area contributed by atoms with E-state index >= 15 is 0 Å². The molecule has 0 unspecified atom stereocenters. The van der Waals surface area contributed by atoms with E-state index < -0.39 is 5.41 Å². The molecule has 4 heteroatoms. The Hall–Kier alpha value is -1.84. The number of aromatic hydroxyl groups is 1. The lowest BCUT2D eigenvalue weighted by Crippen LogP contribution is -2.32. The molecule has 0 spiro atoms. The highest BCUT2D eigenvalue weighted by Gasteiger charge is 2.37. The first-order valence-corrected chi connectivity index (χ1v) is 5.40. The van der Waals surface area contributed by atoms with Gasteiger partial charge >= 0.3 is 5.97 Å². The van der Waals surface area contributed by atoms with Crippen LogP contribution >= 0.6 is 0 Å². The van der Waals surface area contributed by atoms with Crippen molar-refractivity contribution >= 4 is 11.8 Å². The van der Waals surface area contributed by atoms with E-state index in [1.165, 1.54) is 19.1 Å². The van der Waals surface area contributed by atoms with Crippen molar-refractivity contribution in [1.29, 1.82) is 0 Å². The summed E-state index contributed by atoms with van der Waals surface area (Å²) >= 11 is 0. The molecule has 0 fully saturated rings. The van der Waals surface area contributed by atoms with Gasteiger partial charge in [-0.1, -0.05) is 13.8 Å². The molecule has 0 radical (unpaired) electrons. The minimum atomic E-state index is -0.459. The fourth-order valence-corrected chi connectivity index (χ4v) is 2.27. The summed E-state index contributed by atoms with van der Waals surface area (Å²) < 4.78 is 5.09. The lowest BCUT2D eigenvalue weighted by atomic mass is 9.76. The fourth-order valence-electron chi connectivity index (χ4n) is 2.27. The van der Waals surface area contributed by atoms with Gasteiger partial charge in [-0.25, -0.2) is 0 Å². The van der Waals surface area contributed by atoms with Crippen LogP contribution in [0.25, 0.3) is 0 Å². The van der Waals surface area contributed by atoms with E-state index in [0.29, 0.717) is 11.1 Å². The van der Waals surface area contributed by atoms with Crippen LogP contribution in [0.1, 0.15) is 43.1 Å². The number of rotatable bonds is 1. The van der Waals surface area contributed by atoms with Crippen LogP contribution in [0.4, 0.5) is 0 Å². The van der Waals surface area contributed by atoms with Crippen LogP contribution < -0.4 is 4.74 Å². The Balaban J connectivity index is 2.74. The molecular formula is C13H14O4. The van der Waals surface area contributed by atoms with E-state index in [9.17, 15) is 14.7 Å². The molecule has 1 aliphatic rings. The zero-order chi connectivity index (χ0) is 12.8. The Morgan fingerprint density at radius 1 is 1.41 bits per heavy atom. The molecule has 1 aromatic carbocycles. The van der Waals surface area contributed by atoms with Crippen molar-refractivity contribution in [3.05, 3.63) is 23.3 Å². The van der Waals surface area contributed by atoms with Crippen LogP contribution in [0, 0.1) is 0 Å². The van der Waals surface area contributed by atoms with Gasteiger partial charge in [0, 0.05) is 22.6 Å². The maximum Gasteiger partial charge on any atom is 0.312 e. The van der Waals surface area contributed by atoms with Crippen LogP contribution in [-0.4, -0.2) is 16.9 Å². The van der Waals surface area contributed by atoms with Gasteiger partial charge in [0.2, 0.25) is 0 Å². The van der Waals surface area contributed by atoms with Crippen LogP contribution in [0.5, 0.6) is 11.5 Å². The molecule has 17 heavy (non-hydrogen) atoms. The topological polar surface area (TPSA) is 63.6 Å². The van der Waals surface area contributed by atoms with Gasteiger partial charge in [0.1, 0.15) is 11.5 Å². The number of Topliss-reactive ketones (excluding diaryl/α,β-unsaturated/α-hetero) is 1. The average Bonchev–Trinajstić information content (AvgIpc) is 2.13. The second-order valence-electron chi connectivity index (χ2n) is 4.96. The number of carbonyl (C=O) groups is 2. The first-order valence-electron chi connectivity index (χ1n) is 5.40. The summed E-state index contributed by atoms with van der Waals surface area (Å²) in [6.45, 7) is 5.20. The van der Waals surface area contributed by atoms with Crippen LogP contribution in [-0.2, 0) is 10.2 Å². The number of benzene rings is 1. The molecule has 0 aliphatic carbocycles. The lowest BCUT2D eigenvalue weighted by molar-refractivity contribution is -0.136. The van der Waals surface area contributed by atoms with Gasteiger partial charge in [0.15, 0.2) is 5.78 Å². The zero-order valence-electron chi connectivity index (χ0n) is 10.0. The van der Waals surface area contributed by atoms with Crippen LogP contribution in [0.15, 0.2) is 12.1 Å². The Morgan fingerprint density at radius 3 is 2.65 bits per heavy atom. The number of hydrogen-bond acceptors (Lipinski definition) is 4. The maximum absolute atomic E-state index is 11.6. The third-order valence-electron chi connectivity index (χ3n) is 2.95. The van der Waals surface area contributed by atoms with Gasteiger partial charge in [-0.2, -0.15) is 0 Å². The van der Waals surface area contributed by atoms with Crippen molar-refractivity contribution in [2.45, 2.75) is 32.6 Å². The summed E-state index contributed by atoms with van der Waals surface area (Å²) in [5, 5.41) is 9.53. The van der Waals surface area contributed by atoms with Crippen molar-refractivity contribution < 1.29 is 19.4 Å². The summed E-state index contributed by atoms with van der Waals surface area (Å²) in [6, 6.07) is 2.79. The normalized spacial score (nSPS) is 17.2. The Labute approximate surface area is 99.2 Å². The summed E-state index contributed by atoms with van der Waals surface area (Å²) in [6.07, 6.45) is 0.227. The van der Waals surface area contributed by atoms with Crippen molar-refractivity contribution in [2.75, 3.05) is 0 Å². The highest BCUT2D eigenvalue weighted by atomic mass is 16.5. The summed E-state index contributed by atoms with van der Waals surface area (Å²) in [5.74, 6) is -0.276. The molecular weight excluding hydrogens is 220 g/mol. The molecule has 1 N–H and O–H groups in total. The van der Waals surface area contributed by atoms with Crippen molar-refractivity contribution in [3.8, 4) is 11.5 Å². The Kier molecular flexibility index (Phi) is 2.45. The number of ether oxygens (including phenoxy) is 1. The van der Waals surface area contributed by atoms with E-state index in [4.69, 9.17) is 4.74 Å². The molecule has 0 bridgehead atoms. The minimum Gasteiger partial charge on any atom is -0.508 e. The SMILES string of the molecule is CC(=O)c1cc(O)cc2c1C(C)(C)CC(=O)O2. The first-order chi connectivity index (χ1) is 7.81. The van der Waals surface area contributed by atoms with E-state index in [-0.39, 0.29) is 29.7 Å². The van der Waals surface area contributed by atoms with Gasteiger partial charge in [-0.3, -0.25) is 9.59 Å². The largest absolute Gasteiger partial charge is 0.508 e. The number of esters is 1. The average molecular weight is 234 g/mol. The van der Waals surface area contributed by atoms with Gasteiger partial charge in [0.05, 0.1) is 6.42 Å². The molecule has 1 aliphatic heterocycles. The summed E-state index contributed by atoms with van der Waals surface area (Å²) in [4.78, 5) is 23.0. The van der Waals surface area contributed by atoms with Crippen molar-refractivity contribution in [2.24, 2.45) is 0 Å². The van der Waals surface area contributed by atoms with Crippen LogP contribution in [0.3, 0.4) is 0 Å². The van der Waals surface area contributed by atoms with Crippen LogP contribution in [0.2, 0.25) is 0 Å².